The van der Waals surface area contributed by atoms with Crippen molar-refractivity contribution in [2.24, 2.45) is 11.7 Å². The van der Waals surface area contributed by atoms with E-state index < -0.39 is 228 Å². The molecule has 21 N–H and O–H groups in total. The number of allylic oxidation sites excluding steroid dienone is 4. The van der Waals surface area contributed by atoms with Crippen molar-refractivity contribution in [1.82, 2.24) is 89.6 Å². The number of aromatic carboxylic acids is 1. The van der Waals surface area contributed by atoms with Crippen molar-refractivity contribution in [1.29, 1.82) is 0 Å². The van der Waals surface area contributed by atoms with Crippen molar-refractivity contribution in [2.45, 2.75) is 311 Å². The summed E-state index contributed by atoms with van der Waals surface area (Å²) in [6.45, 7) is 6.30. The zero-order valence-electron chi connectivity index (χ0n) is 84.0. The molecule has 1 saturated heterocycles. The van der Waals surface area contributed by atoms with Crippen LogP contribution in [0.3, 0.4) is 0 Å². The molecular formula is C103H142N18O24S2. The highest BCUT2D eigenvalue weighted by Crippen LogP contribution is 2.33. The molecule has 2 bridgehead atoms. The van der Waals surface area contributed by atoms with Crippen LogP contribution in [0.5, 0.6) is 0 Å². The summed E-state index contributed by atoms with van der Waals surface area (Å²) in [5, 5.41) is 91.6. The van der Waals surface area contributed by atoms with Gasteiger partial charge < -0.3 is 110 Å². The normalized spacial score (nSPS) is 23.8. The highest BCUT2D eigenvalue weighted by molar-refractivity contribution is 7.17. The van der Waals surface area contributed by atoms with Crippen LogP contribution in [0, 0.1) is 5.92 Å². The average molecular weight is 2080 g/mol. The number of carboxylic acid groups (broad SMARTS) is 3. The number of thiophene rings is 2. The summed E-state index contributed by atoms with van der Waals surface area (Å²) in [6, 6.07) is 5.19. The van der Waals surface area contributed by atoms with Crippen molar-refractivity contribution in [3.8, 4) is 0 Å². The van der Waals surface area contributed by atoms with Gasteiger partial charge in [0.15, 0.2) is 0 Å². The number of unbranched alkanes of at least 4 members (excludes halogenated alkanes) is 1. The number of hydrogen-bond acceptors (Lipinski definition) is 25. The van der Waals surface area contributed by atoms with Gasteiger partial charge in [0, 0.05) is 69.5 Å². The summed E-state index contributed by atoms with van der Waals surface area (Å²) in [4.78, 5) is 271. The fourth-order valence-corrected chi connectivity index (χ4v) is 19.8. The fraction of sp³-hybridized carbons (Fsp3) is 0.544. The van der Waals surface area contributed by atoms with Crippen LogP contribution >= 0.6 is 22.7 Å². The number of imide groups is 1. The van der Waals surface area contributed by atoms with E-state index in [2.05, 4.69) is 79.8 Å². The van der Waals surface area contributed by atoms with Crippen LogP contribution < -0.4 is 85.5 Å². The van der Waals surface area contributed by atoms with Crippen molar-refractivity contribution >= 4 is 145 Å². The number of primary amides is 1. The molecule has 4 aliphatic rings. The molecule has 3 aromatic carbocycles. The molecule has 1 spiro atoms. The second kappa shape index (κ2) is 58.7. The highest BCUT2D eigenvalue weighted by atomic mass is 32.1. The molecule has 5 aromatic rings. The number of amides is 17. The number of aliphatic hydroxyl groups excluding tert-OH is 1. The highest BCUT2D eigenvalue weighted by Gasteiger charge is 2.47. The molecule has 0 radical (unpaired) electrons. The minimum absolute atomic E-state index is 0.00380. The fourth-order valence-electron chi connectivity index (χ4n) is 18.1. The van der Waals surface area contributed by atoms with Crippen LogP contribution in [-0.4, -0.2) is 273 Å². The summed E-state index contributed by atoms with van der Waals surface area (Å²) in [6.07, 6.45) is 7.67. The first kappa shape index (κ1) is 117. The number of ether oxygens (including phenoxy) is 1. The number of hydrogen-bond donors (Lipinski definition) is 20. The SMILES string of the molecule is CN[C@@H](Cc1ccsc1)C(=O)N[C@@H](Cc1csc2ccccc12)C(=O)N[C@@H](CCC(=O)NCCCC[C@@H]1NC(=O)[C@H](Cc2ccccc2)NC(=O)[C@H](C)NC(=O)C(C)(C)NC(=O)[C@H](Cc2cccc(C(=O)O)c2)NC(=O)[C@H](CC(=O)O)NC(=O)[C@@]2(CCC/C=C\CCCCN(C(C)=O)C(=O)N[C@@H](CC(=O)O)C(=O)N[C@@H](C3CCCCC3)C(O)N2)CCC/C=C\CCCOC(=O)N2CCCC(C2)NC1=O)C(=O)N[C@@H](C)C(N)=O. The van der Waals surface area contributed by atoms with E-state index in [9.17, 15) is 92.3 Å². The average Bonchev–Trinajstić information content (AvgIpc) is 1.45. The minimum atomic E-state index is -2.08. The molecule has 1 saturated carbocycles. The number of carbonyl (C=O) groups is 19. The first-order valence-electron chi connectivity index (χ1n) is 50.3. The monoisotopic (exact) mass is 2080 g/mol. The van der Waals surface area contributed by atoms with Gasteiger partial charge >= 0.3 is 30.0 Å². The largest absolute Gasteiger partial charge is 0.481 e. The summed E-state index contributed by atoms with van der Waals surface area (Å²) in [5.41, 5.74) is 3.51. The Morgan fingerprint density at radius 2 is 1.18 bits per heavy atom. The number of carboxylic acids is 3. The first-order chi connectivity index (χ1) is 70.2. The van der Waals surface area contributed by atoms with Gasteiger partial charge in [0.1, 0.15) is 66.1 Å². The zero-order chi connectivity index (χ0) is 107. The third kappa shape index (κ3) is 37.7. The first-order valence-corrected chi connectivity index (χ1v) is 52.1. The molecule has 147 heavy (non-hydrogen) atoms. The molecule has 14 atom stereocenters. The second-order valence-corrected chi connectivity index (χ2v) is 40.1. The molecule has 9 rings (SSSR count). The summed E-state index contributed by atoms with van der Waals surface area (Å²) < 4.78 is 6.72. The standard InChI is InChI=1S/C103H142N18O24S2/c1-62(86(104)128)107-88(130)74(111-92(134)78(56-70-61-147-81-41-23-22-39-72(70)81)114-90(132)75(105-6)55-67-44-51-146-60-67)42-43-82(123)106-47-27-24-40-73-89(131)109-71-38-31-48-120(59-71)101(144)145-50-29-15-11-9-13-26-46-103(45-25-12-8-7-10-14-28-49-121(64(3)122)100(143)116-80(58-84(126)127)94(136)117-85(96(138)119-103)68-35-20-17-21-36-68)99(142)115-79(57-83(124)125)93(135)113-77(54-66-34-30-37-69(52-66)97(139)140)95(137)118-102(4,5)98(141)108-63(2)87(129)112-76(91(133)110-73)53-65-32-18-16-19-33-65/h7-9,11,16,18-19,22-23,30,32-34,37,39,41,44,51-52,60-63,68,71,73-80,85,96,105,119,138H,10,12-15,17,20-21,24-29,31,35-36,38,40,42-43,45-50,53-59H2,1-6H3,(H2,104,128)(H,106,123)(H,107,130)(H,108,141)(H,109,131)(H,110,133)(H,111,134)(H,112,129)(H,113,135)(H,114,132)(H,115,142)(H,116,143)(H,117,136)(H,118,137)(H,124,125)(H,126,127)(H,139,140)/b8-7-,11-9-/t62-,63-,71?,73-,74-,75-,76-,77-,78-,79-,80-,85-,96?,103+/m0/s1. The van der Waals surface area contributed by atoms with Gasteiger partial charge in [-0.15, -0.1) is 11.3 Å². The summed E-state index contributed by atoms with van der Waals surface area (Å²) in [5.74, 6) is -17.4. The number of cyclic esters (lactones) is 1. The van der Waals surface area contributed by atoms with E-state index in [1.54, 1.807) is 43.5 Å². The van der Waals surface area contributed by atoms with Gasteiger partial charge in [-0.2, -0.15) is 11.3 Å². The molecule has 5 heterocycles. The number of fused-ring (bicyclic) bond motifs is 3. The van der Waals surface area contributed by atoms with Crippen LogP contribution in [-0.2, 0) is 107 Å². The van der Waals surface area contributed by atoms with Crippen LogP contribution in [0.4, 0.5) is 9.59 Å². The smallest absolute Gasteiger partial charge is 0.409 e. The zero-order valence-corrected chi connectivity index (χ0v) is 85.6. The number of nitrogens with two attached hydrogens (primary N) is 1. The van der Waals surface area contributed by atoms with E-state index in [0.717, 1.165) is 39.5 Å². The van der Waals surface area contributed by atoms with E-state index >= 15 is 19.2 Å². The molecule has 3 aliphatic heterocycles. The summed E-state index contributed by atoms with van der Waals surface area (Å²) in [7, 11) is 1.62. The van der Waals surface area contributed by atoms with Crippen molar-refractivity contribution in [3.63, 3.8) is 0 Å². The lowest BCUT2D eigenvalue weighted by Crippen LogP contribution is -2.68. The number of nitrogens with zero attached hydrogens (tertiary/aromatic N) is 2. The molecule has 44 heteroatoms. The summed E-state index contributed by atoms with van der Waals surface area (Å²) >= 11 is 2.90. The molecule has 2 fully saturated rings. The number of nitrogens with one attached hydrogen (secondary N) is 15. The van der Waals surface area contributed by atoms with Crippen molar-refractivity contribution < 1.29 is 116 Å². The predicted octanol–water partition coefficient (Wildman–Crippen LogP) is 4.62. The Labute approximate surface area is 861 Å². The molecule has 800 valence electrons. The molecule has 2 aromatic heterocycles. The molecule has 42 nitrogen and oxygen atoms in total. The number of aliphatic hydroxyl groups is 1. The number of likely N-dealkylation sites (N-methyl/N-ethyl adjacent to an activating group) is 1. The number of carbonyl (C=O) groups excluding carboxylic acids is 16. The minimum Gasteiger partial charge on any atom is -0.481 e. The predicted molar refractivity (Wildman–Crippen MR) is 546 cm³/mol. The maximum absolute atomic E-state index is 16.0. The quantitative estimate of drug-likeness (QED) is 0.0220. The van der Waals surface area contributed by atoms with Gasteiger partial charge in [-0.25, -0.2) is 14.4 Å². The Bertz CT molecular complexity index is 5440. The number of piperidine rings is 1. The van der Waals surface area contributed by atoms with Gasteiger partial charge in [0.25, 0.3) is 0 Å². The van der Waals surface area contributed by atoms with Crippen LogP contribution in [0.1, 0.15) is 228 Å². The second-order valence-electron chi connectivity index (χ2n) is 38.4. The molecule has 1 aliphatic carbocycles. The lowest BCUT2D eigenvalue weighted by molar-refractivity contribution is -0.143. The maximum atomic E-state index is 16.0. The molecular weight excluding hydrogens is 1940 g/mol. The van der Waals surface area contributed by atoms with Gasteiger partial charge in [-0.05, 0) is 237 Å². The van der Waals surface area contributed by atoms with Crippen LogP contribution in [0.25, 0.3) is 10.1 Å². The lowest BCUT2D eigenvalue weighted by Gasteiger charge is -2.41. The van der Waals surface area contributed by atoms with Crippen molar-refractivity contribution in [2.75, 3.05) is 39.8 Å². The number of benzene rings is 3. The van der Waals surface area contributed by atoms with E-state index in [4.69, 9.17) is 10.5 Å². The van der Waals surface area contributed by atoms with E-state index in [0.29, 0.717) is 89.0 Å². The topological polar surface area (TPSA) is 627 Å². The lowest BCUT2D eigenvalue weighted by atomic mass is 9.81. The Hall–Kier alpha value is -13.6. The molecule has 17 amide bonds. The third-order valence-corrected chi connectivity index (χ3v) is 28.2. The Kier molecular flexibility index (Phi) is 46.7. The van der Waals surface area contributed by atoms with Gasteiger partial charge in [-0.1, -0.05) is 104 Å². The number of rotatable bonds is 30. The van der Waals surface area contributed by atoms with Gasteiger partial charge in [0.05, 0.1) is 42.6 Å². The molecule has 2 unspecified atom stereocenters. The van der Waals surface area contributed by atoms with E-state index in [1.807, 2.05) is 64.7 Å². The van der Waals surface area contributed by atoms with E-state index in [1.165, 1.54) is 79.5 Å². The maximum Gasteiger partial charge on any atom is 0.409 e. The van der Waals surface area contributed by atoms with Crippen molar-refractivity contribution in [3.05, 3.63) is 153 Å². The van der Waals surface area contributed by atoms with Crippen LogP contribution in [0.2, 0.25) is 0 Å². The Balaban J connectivity index is 0.984. The van der Waals surface area contributed by atoms with Gasteiger partial charge in [0.2, 0.25) is 82.7 Å². The number of aliphatic carboxylic acids is 2. The Morgan fingerprint density at radius 1 is 0.571 bits per heavy atom. The van der Waals surface area contributed by atoms with Crippen LogP contribution in [0.15, 0.2) is 125 Å². The third-order valence-electron chi connectivity index (χ3n) is 26.5. The Morgan fingerprint density at radius 3 is 1.84 bits per heavy atom. The number of urea groups is 1. The van der Waals surface area contributed by atoms with E-state index in [-0.39, 0.29) is 121 Å². The van der Waals surface area contributed by atoms with Gasteiger partial charge in [-0.3, -0.25) is 86.9 Å².